The summed E-state index contributed by atoms with van der Waals surface area (Å²) in [5.41, 5.74) is 2.48. The van der Waals surface area contributed by atoms with E-state index in [0.717, 1.165) is 11.1 Å². The van der Waals surface area contributed by atoms with Gasteiger partial charge in [0.15, 0.2) is 0 Å². The van der Waals surface area contributed by atoms with Gasteiger partial charge in [-0.05, 0) is 51.0 Å². The fraction of sp³-hybridized carbons (Fsp3) is 0.500. The third-order valence-corrected chi connectivity index (χ3v) is 7.56. The van der Waals surface area contributed by atoms with E-state index in [1.807, 2.05) is 13.8 Å². The molecule has 2 atom stereocenters. The van der Waals surface area contributed by atoms with Gasteiger partial charge in [0.1, 0.15) is 0 Å². The molecule has 8 nitrogen and oxygen atoms in total. The molecule has 1 amide bonds. The van der Waals surface area contributed by atoms with E-state index in [1.54, 1.807) is 0 Å². The number of carbonyl (C=O) groups is 2. The van der Waals surface area contributed by atoms with Gasteiger partial charge in [0, 0.05) is 18.8 Å². The summed E-state index contributed by atoms with van der Waals surface area (Å²) >= 11 is 0. The quantitative estimate of drug-likeness (QED) is 0.703. The van der Waals surface area contributed by atoms with E-state index in [9.17, 15) is 23.1 Å². The summed E-state index contributed by atoms with van der Waals surface area (Å²) in [6.07, 6.45) is 0.758. The van der Waals surface area contributed by atoms with Crippen molar-refractivity contribution >= 4 is 27.6 Å². The Hall–Kier alpha value is -2.23. The molecule has 2 aliphatic rings. The minimum Gasteiger partial charge on any atom is -0.481 e. The monoisotopic (exact) mass is 422 g/mol. The van der Waals surface area contributed by atoms with Gasteiger partial charge in [-0.25, -0.2) is 8.42 Å². The Morgan fingerprint density at radius 1 is 1.03 bits per heavy atom. The van der Waals surface area contributed by atoms with E-state index in [1.165, 1.54) is 28.6 Å². The summed E-state index contributed by atoms with van der Waals surface area (Å²) in [6.45, 7) is 5.17. The number of carboxylic acids is 1. The fourth-order valence-electron chi connectivity index (χ4n) is 3.71. The average Bonchev–Trinajstić information content (AvgIpc) is 2.70. The number of anilines is 1. The first-order valence-corrected chi connectivity index (χ1v) is 11.0. The van der Waals surface area contributed by atoms with E-state index in [-0.39, 0.29) is 10.8 Å². The topological polar surface area (TPSA) is 113 Å². The molecule has 1 fully saturated rings. The molecule has 1 heterocycles. The van der Waals surface area contributed by atoms with Crippen molar-refractivity contribution in [2.75, 3.05) is 31.6 Å². The lowest BCUT2D eigenvalue weighted by molar-refractivity contribution is -0.146. The lowest BCUT2D eigenvalue weighted by Gasteiger charge is -2.29. The normalized spacial score (nSPS) is 23.7. The van der Waals surface area contributed by atoms with Gasteiger partial charge in [-0.1, -0.05) is 11.1 Å². The van der Waals surface area contributed by atoms with E-state index < -0.39 is 27.8 Å². The minimum absolute atomic E-state index is 0.146. The van der Waals surface area contributed by atoms with E-state index >= 15 is 0 Å². The number of rotatable bonds is 5. The first kappa shape index (κ1) is 21.5. The molecule has 0 unspecified atom stereocenters. The zero-order valence-corrected chi connectivity index (χ0v) is 17.4. The highest BCUT2D eigenvalue weighted by Gasteiger charge is 2.37. The van der Waals surface area contributed by atoms with Crippen molar-refractivity contribution < 1.29 is 27.9 Å². The second kappa shape index (κ2) is 8.64. The lowest BCUT2D eigenvalue weighted by atomic mass is 9.76. The van der Waals surface area contributed by atoms with Gasteiger partial charge in [-0.3, -0.25) is 9.59 Å². The summed E-state index contributed by atoms with van der Waals surface area (Å²) in [5.74, 6) is -2.77. The van der Waals surface area contributed by atoms with E-state index in [4.69, 9.17) is 4.74 Å². The Labute approximate surface area is 170 Å². The second-order valence-corrected chi connectivity index (χ2v) is 9.49. The Morgan fingerprint density at radius 3 is 2.14 bits per heavy atom. The van der Waals surface area contributed by atoms with Crippen LogP contribution in [-0.4, -0.2) is 56.0 Å². The van der Waals surface area contributed by atoms with Gasteiger partial charge in [-0.2, -0.15) is 4.31 Å². The molecule has 9 heteroatoms. The molecule has 3 rings (SSSR count). The average molecular weight is 423 g/mol. The number of ether oxygens (including phenoxy) is 1. The zero-order valence-electron chi connectivity index (χ0n) is 16.6. The second-order valence-electron chi connectivity index (χ2n) is 7.55. The van der Waals surface area contributed by atoms with Crippen LogP contribution in [0.3, 0.4) is 0 Å². The lowest BCUT2D eigenvalue weighted by Crippen LogP contribution is -2.40. The summed E-state index contributed by atoms with van der Waals surface area (Å²) < 4.78 is 31.9. The van der Waals surface area contributed by atoms with Gasteiger partial charge < -0.3 is 15.2 Å². The van der Waals surface area contributed by atoms with Crippen LogP contribution in [0.5, 0.6) is 0 Å². The highest BCUT2D eigenvalue weighted by atomic mass is 32.2. The maximum absolute atomic E-state index is 12.7. The number of hydrogen-bond acceptors (Lipinski definition) is 5. The van der Waals surface area contributed by atoms with E-state index in [2.05, 4.69) is 5.32 Å². The zero-order chi connectivity index (χ0) is 21.2. The Kier molecular flexibility index (Phi) is 6.40. The molecule has 0 bridgehead atoms. The molecule has 2 N–H and O–H groups in total. The van der Waals surface area contributed by atoms with Crippen LogP contribution in [0, 0.1) is 11.8 Å². The number of nitrogens with one attached hydrogen (secondary N) is 1. The molecule has 1 aromatic rings. The molecule has 1 aromatic carbocycles. The first-order valence-electron chi connectivity index (χ1n) is 9.57. The van der Waals surface area contributed by atoms with Crippen LogP contribution in [0.4, 0.5) is 5.69 Å². The van der Waals surface area contributed by atoms with Crippen molar-refractivity contribution in [1.82, 2.24) is 4.31 Å². The SMILES string of the molecule is CC1=C(C)C[C@@H](C(=O)O)[C@@H](C(=O)Nc2ccc(S(=O)(=O)N3CCOCC3)cc2)C1. The number of carbonyl (C=O) groups excluding carboxylic acids is 1. The third-order valence-electron chi connectivity index (χ3n) is 5.65. The molecule has 0 aromatic heterocycles. The van der Waals surface area contributed by atoms with Crippen LogP contribution < -0.4 is 5.32 Å². The maximum Gasteiger partial charge on any atom is 0.307 e. The highest BCUT2D eigenvalue weighted by molar-refractivity contribution is 7.89. The first-order chi connectivity index (χ1) is 13.7. The van der Waals surface area contributed by atoms with Crippen molar-refractivity contribution in [2.24, 2.45) is 11.8 Å². The van der Waals surface area contributed by atoms with E-state index in [0.29, 0.717) is 44.8 Å². The van der Waals surface area contributed by atoms with Crippen LogP contribution in [-0.2, 0) is 24.3 Å². The van der Waals surface area contributed by atoms with Gasteiger partial charge in [0.05, 0.1) is 29.9 Å². The predicted octanol–water partition coefficient (Wildman–Crippen LogP) is 2.09. The van der Waals surface area contributed by atoms with Crippen LogP contribution in [0.15, 0.2) is 40.3 Å². The van der Waals surface area contributed by atoms with Crippen LogP contribution in [0.1, 0.15) is 26.7 Å². The highest BCUT2D eigenvalue weighted by Crippen LogP contribution is 2.35. The molecule has 1 aliphatic carbocycles. The molecule has 0 saturated carbocycles. The number of morpholine rings is 1. The van der Waals surface area contributed by atoms with Crippen molar-refractivity contribution in [2.45, 2.75) is 31.6 Å². The number of nitrogens with zero attached hydrogens (tertiary/aromatic N) is 1. The predicted molar refractivity (Wildman–Crippen MR) is 107 cm³/mol. The number of aliphatic carboxylic acids is 1. The summed E-state index contributed by atoms with van der Waals surface area (Å²) in [5, 5.41) is 12.2. The summed E-state index contributed by atoms with van der Waals surface area (Å²) in [7, 11) is -3.60. The molecule has 1 saturated heterocycles. The van der Waals surface area contributed by atoms with Gasteiger partial charge in [0.25, 0.3) is 0 Å². The molecular weight excluding hydrogens is 396 g/mol. The minimum atomic E-state index is -3.60. The Morgan fingerprint density at radius 2 is 1.59 bits per heavy atom. The van der Waals surface area contributed by atoms with Gasteiger partial charge in [-0.15, -0.1) is 0 Å². The molecular formula is C20H26N2O6S. The number of amides is 1. The largest absolute Gasteiger partial charge is 0.481 e. The third kappa shape index (κ3) is 4.68. The van der Waals surface area contributed by atoms with Gasteiger partial charge >= 0.3 is 5.97 Å². The summed E-state index contributed by atoms with van der Waals surface area (Å²) in [4.78, 5) is 24.5. The van der Waals surface area contributed by atoms with Crippen molar-refractivity contribution in [3.05, 3.63) is 35.4 Å². The molecule has 0 spiro atoms. The summed E-state index contributed by atoms with van der Waals surface area (Å²) in [6, 6.07) is 5.95. The van der Waals surface area contributed by atoms with Crippen LogP contribution >= 0.6 is 0 Å². The fourth-order valence-corrected chi connectivity index (χ4v) is 5.12. The Balaban J connectivity index is 1.72. The molecule has 0 radical (unpaired) electrons. The number of allylic oxidation sites excluding steroid dienone is 2. The smallest absolute Gasteiger partial charge is 0.307 e. The number of hydrogen-bond donors (Lipinski definition) is 2. The van der Waals surface area contributed by atoms with Crippen molar-refractivity contribution in [3.63, 3.8) is 0 Å². The van der Waals surface area contributed by atoms with Crippen molar-refractivity contribution in [3.8, 4) is 0 Å². The van der Waals surface area contributed by atoms with Crippen LogP contribution in [0.25, 0.3) is 0 Å². The Bertz CT molecular complexity index is 917. The maximum atomic E-state index is 12.7. The van der Waals surface area contributed by atoms with Crippen molar-refractivity contribution in [1.29, 1.82) is 0 Å². The molecule has 158 valence electrons. The standard InChI is InChI=1S/C20H26N2O6S/c1-13-11-17(18(20(24)25)12-14(13)2)19(23)21-15-3-5-16(6-4-15)29(26,27)22-7-9-28-10-8-22/h3-6,17-18H,7-12H2,1-2H3,(H,21,23)(H,24,25)/t17-,18+/m0/s1. The number of carboxylic acid groups (broad SMARTS) is 1. The number of benzene rings is 1. The number of sulfonamides is 1. The molecule has 29 heavy (non-hydrogen) atoms. The van der Waals surface area contributed by atoms with Gasteiger partial charge in [0.2, 0.25) is 15.9 Å². The molecule has 1 aliphatic heterocycles. The van der Waals surface area contributed by atoms with Crippen LogP contribution in [0.2, 0.25) is 0 Å².